The van der Waals surface area contributed by atoms with E-state index in [4.69, 9.17) is 4.74 Å². The number of phenolic OH excluding ortho intramolecular Hbond substituents is 1. The Morgan fingerprint density at radius 2 is 1.79 bits per heavy atom. The van der Waals surface area contributed by atoms with Crippen LogP contribution in [0.1, 0.15) is 16.7 Å². The van der Waals surface area contributed by atoms with Crippen molar-refractivity contribution in [3.63, 3.8) is 0 Å². The van der Waals surface area contributed by atoms with Crippen LogP contribution in [0.3, 0.4) is 0 Å². The number of nitrogens with one attached hydrogen (secondary N) is 2. The van der Waals surface area contributed by atoms with Crippen molar-refractivity contribution < 1.29 is 19.4 Å². The minimum atomic E-state index is -0.581. The molecule has 7 heteroatoms. The van der Waals surface area contributed by atoms with Crippen molar-refractivity contribution in [2.24, 2.45) is 0 Å². The van der Waals surface area contributed by atoms with Gasteiger partial charge in [-0.05, 0) is 73.5 Å². The average Bonchev–Trinajstić information content (AvgIpc) is 2.79. The Kier molecular flexibility index (Phi) is 7.45. The summed E-state index contributed by atoms with van der Waals surface area (Å²) in [6.45, 7) is 3.72. The number of benzene rings is 3. The van der Waals surface area contributed by atoms with Gasteiger partial charge < -0.3 is 20.5 Å². The molecule has 0 aliphatic carbocycles. The van der Waals surface area contributed by atoms with Crippen LogP contribution in [0, 0.1) is 25.2 Å². The van der Waals surface area contributed by atoms with Gasteiger partial charge in [-0.25, -0.2) is 0 Å². The predicted octanol–water partition coefficient (Wildman–Crippen LogP) is 4.57. The van der Waals surface area contributed by atoms with Gasteiger partial charge in [-0.2, -0.15) is 5.26 Å². The smallest absolute Gasteiger partial charge is 0.266 e. The zero-order valence-corrected chi connectivity index (χ0v) is 18.3. The van der Waals surface area contributed by atoms with Crippen LogP contribution in [0.5, 0.6) is 11.5 Å². The van der Waals surface area contributed by atoms with E-state index in [0.29, 0.717) is 17.0 Å². The maximum Gasteiger partial charge on any atom is 0.266 e. The summed E-state index contributed by atoms with van der Waals surface area (Å²) in [7, 11) is 0. The summed E-state index contributed by atoms with van der Waals surface area (Å²) < 4.78 is 5.58. The van der Waals surface area contributed by atoms with E-state index in [2.05, 4.69) is 10.6 Å². The van der Waals surface area contributed by atoms with Crippen LogP contribution < -0.4 is 15.4 Å². The number of anilines is 2. The number of carbonyl (C=O) groups excluding carboxylic acids is 2. The van der Waals surface area contributed by atoms with Crippen molar-refractivity contribution in [3.05, 3.63) is 89.0 Å². The monoisotopic (exact) mass is 441 g/mol. The van der Waals surface area contributed by atoms with Crippen LogP contribution in [-0.4, -0.2) is 23.5 Å². The second kappa shape index (κ2) is 10.6. The molecule has 166 valence electrons. The number of hydrogen-bond donors (Lipinski definition) is 3. The number of aryl methyl sites for hydroxylation is 2. The number of carbonyl (C=O) groups is 2. The quantitative estimate of drug-likeness (QED) is 0.282. The number of rotatable bonds is 7. The fourth-order valence-electron chi connectivity index (χ4n) is 3.04. The van der Waals surface area contributed by atoms with Gasteiger partial charge >= 0.3 is 0 Å². The number of amides is 2. The first-order valence-electron chi connectivity index (χ1n) is 10.2. The molecule has 0 saturated carbocycles. The Balaban J connectivity index is 1.63. The van der Waals surface area contributed by atoms with Gasteiger partial charge in [0.1, 0.15) is 23.1 Å². The Morgan fingerprint density at radius 3 is 2.48 bits per heavy atom. The summed E-state index contributed by atoms with van der Waals surface area (Å²) in [6.07, 6.45) is 1.43. The van der Waals surface area contributed by atoms with Gasteiger partial charge in [-0.3, -0.25) is 9.59 Å². The molecule has 0 heterocycles. The third-order valence-electron chi connectivity index (χ3n) is 4.69. The molecule has 0 aliphatic rings. The summed E-state index contributed by atoms with van der Waals surface area (Å²) in [6, 6.07) is 20.3. The topological polar surface area (TPSA) is 111 Å². The first-order chi connectivity index (χ1) is 15.8. The molecule has 3 rings (SSSR count). The van der Waals surface area contributed by atoms with Crippen LogP contribution in [0.4, 0.5) is 11.4 Å². The van der Waals surface area contributed by atoms with E-state index in [0.717, 1.165) is 16.8 Å². The molecule has 2 amide bonds. The Labute approximate surface area is 191 Å². The molecule has 0 atom stereocenters. The fraction of sp³-hybridized carbons (Fsp3) is 0.115. The van der Waals surface area contributed by atoms with E-state index >= 15 is 0 Å². The molecule has 0 aromatic heterocycles. The lowest BCUT2D eigenvalue weighted by Crippen LogP contribution is -2.20. The summed E-state index contributed by atoms with van der Waals surface area (Å²) in [5, 5.41) is 24.1. The summed E-state index contributed by atoms with van der Waals surface area (Å²) in [4.78, 5) is 24.7. The molecule has 0 fully saturated rings. The largest absolute Gasteiger partial charge is 0.508 e. The van der Waals surface area contributed by atoms with Gasteiger partial charge in [0.15, 0.2) is 6.61 Å². The second-order valence-electron chi connectivity index (χ2n) is 7.40. The summed E-state index contributed by atoms with van der Waals surface area (Å²) in [5.41, 5.74) is 3.72. The number of nitrogens with zero attached hydrogens (tertiary/aromatic N) is 1. The van der Waals surface area contributed by atoms with Crippen LogP contribution in [0.25, 0.3) is 6.08 Å². The van der Waals surface area contributed by atoms with E-state index in [-0.39, 0.29) is 23.8 Å². The van der Waals surface area contributed by atoms with E-state index in [1.54, 1.807) is 24.3 Å². The van der Waals surface area contributed by atoms with Crippen LogP contribution >= 0.6 is 0 Å². The number of aromatic hydroxyl groups is 1. The van der Waals surface area contributed by atoms with Crippen molar-refractivity contribution in [2.45, 2.75) is 13.8 Å². The lowest BCUT2D eigenvalue weighted by atomic mass is 10.1. The lowest BCUT2D eigenvalue weighted by molar-refractivity contribution is -0.118. The molecule has 33 heavy (non-hydrogen) atoms. The zero-order valence-electron chi connectivity index (χ0n) is 18.3. The van der Waals surface area contributed by atoms with Gasteiger partial charge in [-0.1, -0.05) is 29.8 Å². The van der Waals surface area contributed by atoms with Crippen LogP contribution in [-0.2, 0) is 9.59 Å². The highest BCUT2D eigenvalue weighted by Gasteiger charge is 2.11. The van der Waals surface area contributed by atoms with Crippen molar-refractivity contribution in [2.75, 3.05) is 17.2 Å². The third kappa shape index (κ3) is 6.71. The minimum absolute atomic E-state index is 0.0727. The second-order valence-corrected chi connectivity index (χ2v) is 7.40. The Hall–Kier alpha value is -4.57. The van der Waals surface area contributed by atoms with Crippen molar-refractivity contribution in [1.29, 1.82) is 5.26 Å². The van der Waals surface area contributed by atoms with Crippen LogP contribution in [0.15, 0.2) is 72.3 Å². The highest BCUT2D eigenvalue weighted by atomic mass is 16.5. The maximum absolute atomic E-state index is 12.4. The van der Waals surface area contributed by atoms with Gasteiger partial charge in [0.2, 0.25) is 0 Å². The van der Waals surface area contributed by atoms with Crippen molar-refractivity contribution in [1.82, 2.24) is 0 Å². The number of nitriles is 1. The van der Waals surface area contributed by atoms with E-state index in [1.807, 2.05) is 38.1 Å². The molecule has 7 nitrogen and oxygen atoms in total. The van der Waals surface area contributed by atoms with Gasteiger partial charge in [0, 0.05) is 11.4 Å². The minimum Gasteiger partial charge on any atom is -0.508 e. The van der Waals surface area contributed by atoms with E-state index in [9.17, 15) is 20.0 Å². The molecule has 0 saturated heterocycles. The molecule has 0 spiro atoms. The SMILES string of the molecule is Cc1ccc(NC(=O)COc2cccc(/C=C(\C#N)C(=O)Nc3ccc(O)cc3)c2)c(C)c1. The molecule has 0 unspecified atom stereocenters. The number of hydrogen-bond acceptors (Lipinski definition) is 5. The highest BCUT2D eigenvalue weighted by Crippen LogP contribution is 2.19. The molecule has 3 aromatic carbocycles. The first kappa shape index (κ1) is 23.1. The van der Waals surface area contributed by atoms with E-state index in [1.165, 1.54) is 30.3 Å². The summed E-state index contributed by atoms with van der Waals surface area (Å²) in [5.74, 6) is -0.379. The molecular weight excluding hydrogens is 418 g/mol. The highest BCUT2D eigenvalue weighted by molar-refractivity contribution is 6.09. The zero-order chi connectivity index (χ0) is 23.8. The Bertz CT molecular complexity index is 1240. The summed E-state index contributed by atoms with van der Waals surface area (Å²) >= 11 is 0. The lowest BCUT2D eigenvalue weighted by Gasteiger charge is -2.10. The van der Waals surface area contributed by atoms with E-state index < -0.39 is 5.91 Å². The standard InChI is InChI=1S/C26H23N3O4/c1-17-6-11-24(18(2)12-17)29-25(31)16-33-23-5-3-4-19(14-23)13-20(15-27)26(32)28-21-7-9-22(30)10-8-21/h3-14,30H,16H2,1-2H3,(H,28,32)(H,29,31)/b20-13+. The Morgan fingerprint density at radius 1 is 1.03 bits per heavy atom. The molecule has 3 aromatic rings. The third-order valence-corrected chi connectivity index (χ3v) is 4.69. The van der Waals surface area contributed by atoms with Crippen molar-refractivity contribution >= 4 is 29.3 Å². The molecule has 3 N–H and O–H groups in total. The molecule has 0 bridgehead atoms. The maximum atomic E-state index is 12.4. The number of phenols is 1. The van der Waals surface area contributed by atoms with Gasteiger partial charge in [0.25, 0.3) is 11.8 Å². The molecular formula is C26H23N3O4. The van der Waals surface area contributed by atoms with Crippen LogP contribution in [0.2, 0.25) is 0 Å². The van der Waals surface area contributed by atoms with Gasteiger partial charge in [-0.15, -0.1) is 0 Å². The number of ether oxygens (including phenoxy) is 1. The first-order valence-corrected chi connectivity index (χ1v) is 10.2. The van der Waals surface area contributed by atoms with Crippen molar-refractivity contribution in [3.8, 4) is 17.6 Å². The molecule has 0 aliphatic heterocycles. The normalized spacial score (nSPS) is 10.8. The fourth-order valence-corrected chi connectivity index (χ4v) is 3.04. The predicted molar refractivity (Wildman–Crippen MR) is 127 cm³/mol. The van der Waals surface area contributed by atoms with Gasteiger partial charge in [0.05, 0.1) is 0 Å². The average molecular weight is 441 g/mol. The molecule has 0 radical (unpaired) electrons.